The van der Waals surface area contributed by atoms with E-state index in [1.165, 1.54) is 0 Å². The summed E-state index contributed by atoms with van der Waals surface area (Å²) in [5.41, 5.74) is 1.99. The van der Waals surface area contributed by atoms with Crippen molar-refractivity contribution in [2.75, 3.05) is 0 Å². The molecule has 20 heavy (non-hydrogen) atoms. The van der Waals surface area contributed by atoms with Crippen LogP contribution in [-0.2, 0) is 0 Å². The first-order chi connectivity index (χ1) is 9.67. The average molecular weight is 303 g/mol. The Morgan fingerprint density at radius 3 is 2.25 bits per heavy atom. The van der Waals surface area contributed by atoms with Gasteiger partial charge in [0.1, 0.15) is 0 Å². The summed E-state index contributed by atoms with van der Waals surface area (Å²) in [6.07, 6.45) is 0.616. The van der Waals surface area contributed by atoms with Crippen LogP contribution in [-0.4, -0.2) is 0 Å². The summed E-state index contributed by atoms with van der Waals surface area (Å²) in [5.74, 6) is -0.247. The Labute approximate surface area is 129 Å². The summed E-state index contributed by atoms with van der Waals surface area (Å²) in [5, 5.41) is 10.6. The smallest absolute Gasteiger partial charge is 0.0781 e. The fraction of sp³-hybridized carbons (Fsp3) is 0.176. The first-order valence-corrected chi connectivity index (χ1v) is 7.11. The number of hydrogen-bond donors (Lipinski definition) is 0. The van der Waals surface area contributed by atoms with Crippen LogP contribution in [0.1, 0.15) is 29.4 Å². The maximum atomic E-state index is 9.53. The van der Waals surface area contributed by atoms with Crippen LogP contribution in [0.15, 0.2) is 48.5 Å². The van der Waals surface area contributed by atoms with Gasteiger partial charge < -0.3 is 0 Å². The number of nitrogens with zero attached hydrogens (tertiary/aromatic N) is 1. The van der Waals surface area contributed by atoms with Crippen LogP contribution in [0.2, 0.25) is 10.0 Å². The van der Waals surface area contributed by atoms with Crippen molar-refractivity contribution in [1.82, 2.24) is 0 Å². The van der Waals surface area contributed by atoms with Crippen LogP contribution in [0.25, 0.3) is 0 Å². The van der Waals surface area contributed by atoms with Gasteiger partial charge in [0.15, 0.2) is 0 Å². The number of benzene rings is 2. The van der Waals surface area contributed by atoms with Gasteiger partial charge in [-0.3, -0.25) is 0 Å². The molecule has 2 unspecified atom stereocenters. The van der Waals surface area contributed by atoms with Gasteiger partial charge in [-0.05, 0) is 29.7 Å². The van der Waals surface area contributed by atoms with E-state index >= 15 is 0 Å². The highest BCUT2D eigenvalue weighted by Gasteiger charge is 2.23. The van der Waals surface area contributed by atoms with Crippen molar-refractivity contribution in [3.05, 3.63) is 76.6 Å². The number of nitriles is 1. The molecule has 3 heteroatoms. The van der Waals surface area contributed by atoms with E-state index in [-0.39, 0.29) is 11.8 Å². The first kappa shape index (κ1) is 14.9. The van der Waals surface area contributed by atoms with Gasteiger partial charge in [-0.1, -0.05) is 66.5 Å². The highest BCUT2D eigenvalue weighted by atomic mass is 35.5. The molecule has 2 aromatic carbocycles. The van der Waals surface area contributed by atoms with Gasteiger partial charge in [0, 0.05) is 5.92 Å². The van der Waals surface area contributed by atoms with Gasteiger partial charge in [-0.2, -0.15) is 5.26 Å². The van der Waals surface area contributed by atoms with Crippen molar-refractivity contribution in [2.24, 2.45) is 0 Å². The molecule has 0 amide bonds. The molecule has 0 heterocycles. The molecule has 0 spiro atoms. The van der Waals surface area contributed by atoms with E-state index in [0.717, 1.165) is 11.1 Å². The monoisotopic (exact) mass is 302 g/mol. The van der Waals surface area contributed by atoms with Crippen LogP contribution < -0.4 is 0 Å². The van der Waals surface area contributed by atoms with E-state index in [0.29, 0.717) is 16.5 Å². The molecule has 0 aromatic heterocycles. The molecule has 2 rings (SSSR count). The summed E-state index contributed by atoms with van der Waals surface area (Å²) < 4.78 is 0. The van der Waals surface area contributed by atoms with Gasteiger partial charge in [0.25, 0.3) is 0 Å². The van der Waals surface area contributed by atoms with Gasteiger partial charge in [0.2, 0.25) is 0 Å². The summed E-state index contributed by atoms with van der Waals surface area (Å²) >= 11 is 12.0. The lowest BCUT2D eigenvalue weighted by Crippen LogP contribution is -2.09. The highest BCUT2D eigenvalue weighted by Crippen LogP contribution is 2.37. The molecule has 0 N–H and O–H groups in total. The van der Waals surface area contributed by atoms with Crippen molar-refractivity contribution in [2.45, 2.75) is 18.3 Å². The molecule has 2 atom stereocenters. The topological polar surface area (TPSA) is 23.8 Å². The van der Waals surface area contributed by atoms with E-state index in [9.17, 15) is 5.26 Å². The maximum absolute atomic E-state index is 9.53. The molecule has 0 saturated heterocycles. The Hall–Kier alpha value is -1.49. The standard InChI is InChI=1S/C17H14Cl2N/c1-2-14(13-8-9-16(18)17(19)10-13)15(11-20)12-6-4-3-5-7-12/h3-10,14-15H,1-2H2. The predicted octanol–water partition coefficient (Wildman–Crippen LogP) is 5.61. The summed E-state index contributed by atoms with van der Waals surface area (Å²) in [6.45, 7) is 3.98. The Bertz CT molecular complexity index is 617. The maximum Gasteiger partial charge on any atom is 0.0781 e. The van der Waals surface area contributed by atoms with Gasteiger partial charge in [-0.15, -0.1) is 0 Å². The first-order valence-electron chi connectivity index (χ1n) is 6.36. The Balaban J connectivity index is 2.40. The Morgan fingerprint density at radius 2 is 1.70 bits per heavy atom. The van der Waals surface area contributed by atoms with E-state index in [2.05, 4.69) is 13.0 Å². The molecular formula is C17H14Cl2N. The van der Waals surface area contributed by atoms with Crippen molar-refractivity contribution in [3.63, 3.8) is 0 Å². The third-order valence-corrected chi connectivity index (χ3v) is 4.12. The molecule has 1 radical (unpaired) electrons. The third kappa shape index (κ3) is 3.15. The molecule has 0 aliphatic carbocycles. The van der Waals surface area contributed by atoms with Crippen LogP contribution in [0.3, 0.4) is 0 Å². The van der Waals surface area contributed by atoms with Crippen molar-refractivity contribution >= 4 is 23.2 Å². The minimum Gasteiger partial charge on any atom is -0.198 e. The van der Waals surface area contributed by atoms with Gasteiger partial charge in [0.05, 0.1) is 22.0 Å². The van der Waals surface area contributed by atoms with Gasteiger partial charge >= 0.3 is 0 Å². The lowest BCUT2D eigenvalue weighted by molar-refractivity contribution is 0.634. The second-order valence-corrected chi connectivity index (χ2v) is 5.40. The second-order valence-electron chi connectivity index (χ2n) is 4.59. The molecule has 101 valence electrons. The molecule has 0 bridgehead atoms. The molecule has 2 aromatic rings. The summed E-state index contributed by atoms with van der Waals surface area (Å²) in [7, 11) is 0. The molecule has 0 saturated carbocycles. The van der Waals surface area contributed by atoms with Crippen molar-refractivity contribution < 1.29 is 0 Å². The van der Waals surface area contributed by atoms with Crippen LogP contribution >= 0.6 is 23.2 Å². The van der Waals surface area contributed by atoms with Crippen molar-refractivity contribution in [1.29, 1.82) is 5.26 Å². The molecular weight excluding hydrogens is 289 g/mol. The zero-order chi connectivity index (χ0) is 14.5. The van der Waals surface area contributed by atoms with Crippen LogP contribution in [0.4, 0.5) is 0 Å². The van der Waals surface area contributed by atoms with Crippen LogP contribution in [0, 0.1) is 18.3 Å². The largest absolute Gasteiger partial charge is 0.198 e. The normalized spacial score (nSPS) is 13.5. The minimum atomic E-state index is -0.244. The van der Waals surface area contributed by atoms with E-state index in [1.54, 1.807) is 6.07 Å². The van der Waals surface area contributed by atoms with E-state index in [4.69, 9.17) is 23.2 Å². The Kier molecular flexibility index (Phi) is 5.06. The van der Waals surface area contributed by atoms with E-state index in [1.807, 2.05) is 42.5 Å². The minimum absolute atomic E-state index is 0.00262. The van der Waals surface area contributed by atoms with Crippen LogP contribution in [0.5, 0.6) is 0 Å². The fourth-order valence-corrected chi connectivity index (χ4v) is 2.63. The number of hydrogen-bond acceptors (Lipinski definition) is 1. The second kappa shape index (κ2) is 6.79. The average Bonchev–Trinajstić information content (AvgIpc) is 2.48. The Morgan fingerprint density at radius 1 is 1.00 bits per heavy atom. The van der Waals surface area contributed by atoms with Crippen molar-refractivity contribution in [3.8, 4) is 6.07 Å². The molecule has 1 nitrogen and oxygen atoms in total. The molecule has 0 aliphatic heterocycles. The SMILES string of the molecule is [CH2]CC(c1ccc(Cl)c(Cl)c1)C(C#N)c1ccccc1. The quantitative estimate of drug-likeness (QED) is 0.720. The zero-order valence-corrected chi connectivity index (χ0v) is 12.4. The number of rotatable bonds is 4. The summed E-state index contributed by atoms with van der Waals surface area (Å²) in [4.78, 5) is 0. The third-order valence-electron chi connectivity index (χ3n) is 3.38. The lowest BCUT2D eigenvalue weighted by atomic mass is 9.81. The van der Waals surface area contributed by atoms with Gasteiger partial charge in [-0.25, -0.2) is 0 Å². The predicted molar refractivity (Wildman–Crippen MR) is 84.0 cm³/mol. The highest BCUT2D eigenvalue weighted by molar-refractivity contribution is 6.42. The zero-order valence-electron chi connectivity index (χ0n) is 10.9. The fourth-order valence-electron chi connectivity index (χ4n) is 2.33. The summed E-state index contributed by atoms with van der Waals surface area (Å²) in [6, 6.07) is 17.6. The molecule has 0 fully saturated rings. The van der Waals surface area contributed by atoms with E-state index < -0.39 is 0 Å². The lowest BCUT2D eigenvalue weighted by Gasteiger charge is -2.21. The number of halogens is 2. The molecule has 0 aliphatic rings.